The lowest BCUT2D eigenvalue weighted by atomic mass is 10.0. The number of carbonyl (C=O) groups is 1. The van der Waals surface area contributed by atoms with Crippen molar-refractivity contribution in [3.05, 3.63) is 79.7 Å². The zero-order chi connectivity index (χ0) is 19.8. The van der Waals surface area contributed by atoms with Gasteiger partial charge in [0.05, 0.1) is 10.7 Å². The monoisotopic (exact) mass is 500 g/mol. The van der Waals surface area contributed by atoms with Crippen molar-refractivity contribution in [2.45, 2.75) is 6.42 Å². The van der Waals surface area contributed by atoms with Gasteiger partial charge in [-0.3, -0.25) is 4.79 Å². The van der Waals surface area contributed by atoms with Crippen molar-refractivity contribution in [2.75, 3.05) is 0 Å². The van der Waals surface area contributed by atoms with Crippen molar-refractivity contribution in [1.82, 2.24) is 5.43 Å². The zero-order valence-corrected chi connectivity index (χ0v) is 17.6. The first kappa shape index (κ1) is 18.7. The number of carbonyl (C=O) groups excluding carboxylic acids is 1. The van der Waals surface area contributed by atoms with Crippen LogP contribution in [0.3, 0.4) is 0 Å². The summed E-state index contributed by atoms with van der Waals surface area (Å²) in [5.41, 5.74) is 8.05. The summed E-state index contributed by atoms with van der Waals surface area (Å²) in [5.74, 6) is -0.627. The van der Waals surface area contributed by atoms with E-state index in [4.69, 9.17) is 0 Å². The number of rotatable bonds is 3. The van der Waals surface area contributed by atoms with Crippen LogP contribution in [0.15, 0.2) is 62.6 Å². The Morgan fingerprint density at radius 1 is 1.00 bits per heavy atom. The number of benzene rings is 3. The van der Waals surface area contributed by atoms with E-state index in [1.54, 1.807) is 6.07 Å². The van der Waals surface area contributed by atoms with Gasteiger partial charge in [0.25, 0.3) is 5.91 Å². The number of nitrogens with one attached hydrogen (secondary N) is 1. The Morgan fingerprint density at radius 2 is 1.75 bits per heavy atom. The highest BCUT2D eigenvalue weighted by molar-refractivity contribution is 9.11. The Morgan fingerprint density at radius 3 is 2.57 bits per heavy atom. The molecule has 0 saturated carbocycles. The first-order chi connectivity index (χ1) is 13.5. The lowest BCUT2D eigenvalue weighted by Gasteiger charge is -2.07. The summed E-state index contributed by atoms with van der Waals surface area (Å²) in [6.45, 7) is 0. The molecule has 0 radical (unpaired) electrons. The van der Waals surface area contributed by atoms with E-state index in [-0.39, 0.29) is 21.9 Å². The molecule has 4 rings (SSSR count). The Hall–Kier alpha value is -2.64. The third-order valence-corrected chi connectivity index (χ3v) is 5.98. The Bertz CT molecular complexity index is 1140. The highest BCUT2D eigenvalue weighted by atomic mass is 79.9. The van der Waals surface area contributed by atoms with Crippen LogP contribution in [-0.4, -0.2) is 22.3 Å². The number of hydrogen-bond acceptors (Lipinski definition) is 4. The molecule has 0 saturated heterocycles. The maximum absolute atomic E-state index is 12.4. The fourth-order valence-electron chi connectivity index (χ4n) is 3.23. The second-order valence-electron chi connectivity index (χ2n) is 6.36. The molecule has 0 spiro atoms. The Balaban J connectivity index is 1.51. The summed E-state index contributed by atoms with van der Waals surface area (Å²) in [6, 6.07) is 15.3. The van der Waals surface area contributed by atoms with Crippen LogP contribution in [0.2, 0.25) is 0 Å². The molecule has 28 heavy (non-hydrogen) atoms. The predicted molar refractivity (Wildman–Crippen MR) is 115 cm³/mol. The van der Waals surface area contributed by atoms with Crippen LogP contribution >= 0.6 is 31.9 Å². The maximum atomic E-state index is 12.4. The molecule has 0 unspecified atom stereocenters. The molecule has 0 aliphatic heterocycles. The smallest absolute Gasteiger partial charge is 0.271 e. The van der Waals surface area contributed by atoms with Gasteiger partial charge in [0.15, 0.2) is 0 Å². The third-order valence-electron chi connectivity index (χ3n) is 4.62. The van der Waals surface area contributed by atoms with E-state index in [1.165, 1.54) is 23.4 Å². The molecule has 3 aromatic rings. The number of nitrogens with zero attached hydrogens (tertiary/aromatic N) is 1. The standard InChI is InChI=1S/C21H14Br2N2O3/c22-17-9-14(19(26)18(23)20(17)27)10-24-25-21(28)12-5-6-16-13(8-12)7-11-3-1-2-4-15(11)16/h1-6,8-10,26-27H,7H2,(H,25,28)/b24-10+. The minimum absolute atomic E-state index is 0.113. The lowest BCUT2D eigenvalue weighted by molar-refractivity contribution is 0.0955. The quantitative estimate of drug-likeness (QED) is 0.274. The van der Waals surface area contributed by atoms with Crippen LogP contribution in [0.1, 0.15) is 27.0 Å². The second kappa shape index (κ2) is 7.41. The topological polar surface area (TPSA) is 81.9 Å². The summed E-state index contributed by atoms with van der Waals surface area (Å²) in [6.07, 6.45) is 2.12. The fraction of sp³-hybridized carbons (Fsp3) is 0.0476. The average molecular weight is 502 g/mol. The van der Waals surface area contributed by atoms with Crippen LogP contribution in [0.4, 0.5) is 0 Å². The predicted octanol–water partition coefficient (Wildman–Crippen LogP) is 4.96. The van der Waals surface area contributed by atoms with Crippen molar-refractivity contribution in [3.63, 3.8) is 0 Å². The van der Waals surface area contributed by atoms with Crippen molar-refractivity contribution in [2.24, 2.45) is 5.10 Å². The van der Waals surface area contributed by atoms with Gasteiger partial charge in [0.1, 0.15) is 16.0 Å². The number of phenols is 2. The van der Waals surface area contributed by atoms with E-state index >= 15 is 0 Å². The molecule has 0 bridgehead atoms. The van der Waals surface area contributed by atoms with Gasteiger partial charge < -0.3 is 10.2 Å². The molecule has 0 heterocycles. The largest absolute Gasteiger partial charge is 0.506 e. The van der Waals surface area contributed by atoms with Crippen molar-refractivity contribution < 1.29 is 15.0 Å². The molecular weight excluding hydrogens is 488 g/mol. The Labute approximate surface area is 178 Å². The van der Waals surface area contributed by atoms with Gasteiger partial charge in [-0.1, -0.05) is 30.3 Å². The molecule has 5 nitrogen and oxygen atoms in total. The van der Waals surface area contributed by atoms with Gasteiger partial charge in [-0.05, 0) is 78.7 Å². The minimum atomic E-state index is -0.341. The van der Waals surface area contributed by atoms with E-state index < -0.39 is 0 Å². The number of hydrazone groups is 1. The molecule has 0 aromatic heterocycles. The number of fused-ring (bicyclic) bond motifs is 3. The minimum Gasteiger partial charge on any atom is -0.506 e. The van der Waals surface area contributed by atoms with E-state index in [1.807, 2.05) is 24.3 Å². The SMILES string of the molecule is O=C(N/N=C/c1cc(Br)c(O)c(Br)c1O)c1ccc2c(c1)Cc1ccccc1-2. The van der Waals surface area contributed by atoms with Gasteiger partial charge in [0, 0.05) is 11.1 Å². The third kappa shape index (κ3) is 3.31. The molecule has 1 amide bonds. The second-order valence-corrected chi connectivity index (χ2v) is 8.01. The first-order valence-corrected chi connectivity index (χ1v) is 9.99. The van der Waals surface area contributed by atoms with Crippen LogP contribution in [0.25, 0.3) is 11.1 Å². The van der Waals surface area contributed by atoms with E-state index in [0.29, 0.717) is 15.6 Å². The molecular formula is C21H14Br2N2O3. The summed E-state index contributed by atoms with van der Waals surface area (Å²) >= 11 is 6.29. The summed E-state index contributed by atoms with van der Waals surface area (Å²) in [5, 5.41) is 23.7. The number of phenolic OH excluding ortho intramolecular Hbond substituents is 2. The normalized spacial score (nSPS) is 12.1. The lowest BCUT2D eigenvalue weighted by Crippen LogP contribution is -2.17. The van der Waals surface area contributed by atoms with Gasteiger partial charge in [-0.15, -0.1) is 0 Å². The fourth-order valence-corrected chi connectivity index (χ4v) is 4.38. The number of halogens is 2. The summed E-state index contributed by atoms with van der Waals surface area (Å²) in [7, 11) is 0. The van der Waals surface area contributed by atoms with Gasteiger partial charge in [-0.2, -0.15) is 5.10 Å². The van der Waals surface area contributed by atoms with Crippen LogP contribution in [-0.2, 0) is 6.42 Å². The van der Waals surface area contributed by atoms with Gasteiger partial charge in [0.2, 0.25) is 0 Å². The number of hydrogen-bond donors (Lipinski definition) is 3. The van der Waals surface area contributed by atoms with Crippen LogP contribution < -0.4 is 5.43 Å². The molecule has 1 aliphatic carbocycles. The molecule has 7 heteroatoms. The molecule has 1 aliphatic rings. The number of amides is 1. The molecule has 3 N–H and O–H groups in total. The summed E-state index contributed by atoms with van der Waals surface area (Å²) in [4.78, 5) is 12.4. The average Bonchev–Trinajstić information content (AvgIpc) is 3.07. The Kier molecular flexibility index (Phi) is 4.95. The summed E-state index contributed by atoms with van der Waals surface area (Å²) < 4.78 is 0.538. The van der Waals surface area contributed by atoms with E-state index in [2.05, 4.69) is 54.5 Å². The van der Waals surface area contributed by atoms with E-state index in [9.17, 15) is 15.0 Å². The maximum Gasteiger partial charge on any atom is 0.271 e. The molecule has 140 valence electrons. The first-order valence-electron chi connectivity index (χ1n) is 8.40. The van der Waals surface area contributed by atoms with Crippen LogP contribution in [0, 0.1) is 0 Å². The number of aromatic hydroxyl groups is 2. The van der Waals surface area contributed by atoms with E-state index in [0.717, 1.165) is 17.5 Å². The van der Waals surface area contributed by atoms with Gasteiger partial charge in [-0.25, -0.2) is 5.43 Å². The van der Waals surface area contributed by atoms with Crippen molar-refractivity contribution >= 4 is 44.0 Å². The van der Waals surface area contributed by atoms with Crippen LogP contribution in [0.5, 0.6) is 11.5 Å². The molecule has 0 fully saturated rings. The highest BCUT2D eigenvalue weighted by Gasteiger charge is 2.19. The van der Waals surface area contributed by atoms with Crippen molar-refractivity contribution in [1.29, 1.82) is 0 Å². The highest BCUT2D eigenvalue weighted by Crippen LogP contribution is 2.40. The molecule has 3 aromatic carbocycles. The zero-order valence-electron chi connectivity index (χ0n) is 14.4. The van der Waals surface area contributed by atoms with Gasteiger partial charge >= 0.3 is 0 Å². The van der Waals surface area contributed by atoms with Crippen molar-refractivity contribution in [3.8, 4) is 22.6 Å². The molecule has 0 atom stereocenters.